The van der Waals surface area contributed by atoms with Crippen molar-refractivity contribution in [3.63, 3.8) is 0 Å². The molecular weight excluding hydrogens is 1230 g/mol. The van der Waals surface area contributed by atoms with Gasteiger partial charge in [-0.3, -0.25) is 28.3 Å². The summed E-state index contributed by atoms with van der Waals surface area (Å²) in [7, 11) is 0. The monoisotopic (exact) mass is 1260 g/mol. The molecule has 2 aromatic heterocycles. The minimum absolute atomic E-state index is 0.0661. The minimum atomic E-state index is -0.987. The first-order valence-electron chi connectivity index (χ1n) is 17.8. The number of halogens is 4. The highest BCUT2D eigenvalue weighted by molar-refractivity contribution is 14.1. The third kappa shape index (κ3) is 8.36. The number of aromatic hydroxyl groups is 3. The molecule has 2 saturated heterocycles. The fraction of sp³-hybridized carbons (Fsp3) is 0.378. The third-order valence-corrected chi connectivity index (χ3v) is 14.7. The molecule has 4 aromatic rings. The summed E-state index contributed by atoms with van der Waals surface area (Å²) in [6.07, 6.45) is 7.93. The number of phenolic OH excluding ortho intramolecular Hbond substituents is 3. The number of carbonyl (C=O) groups excluding carboxylic acids is 4. The first-order valence-corrected chi connectivity index (χ1v) is 22.1. The van der Waals surface area contributed by atoms with E-state index in [1.54, 1.807) is 36.9 Å². The Hall–Kier alpha value is -3.35. The number of benzene rings is 2. The van der Waals surface area contributed by atoms with E-state index in [9.17, 15) is 44.4 Å². The Morgan fingerprint density at radius 2 is 1.10 bits per heavy atom. The Balaban J connectivity index is 0.000000127. The van der Waals surface area contributed by atoms with Crippen LogP contribution >= 0.6 is 90.4 Å². The van der Waals surface area contributed by atoms with Crippen LogP contribution in [0.1, 0.15) is 12.8 Å². The number of phenols is 3. The van der Waals surface area contributed by atoms with Crippen molar-refractivity contribution in [3.8, 4) is 23.0 Å². The van der Waals surface area contributed by atoms with Gasteiger partial charge >= 0.3 is 29.9 Å². The normalized spacial score (nSPS) is 30.9. The summed E-state index contributed by atoms with van der Waals surface area (Å²) >= 11 is 7.83. The molecule has 18 nitrogen and oxygen atoms in total. The van der Waals surface area contributed by atoms with Crippen LogP contribution in [0.15, 0.2) is 61.7 Å². The van der Waals surface area contributed by atoms with Gasteiger partial charge in [-0.05, 0) is 127 Å². The summed E-state index contributed by atoms with van der Waals surface area (Å²) in [6.45, 7) is 0. The minimum Gasteiger partial charge on any atom is -0.508 e. The lowest BCUT2D eigenvalue weighted by atomic mass is 9.78. The van der Waals surface area contributed by atoms with E-state index in [0.717, 1.165) is 0 Å². The van der Waals surface area contributed by atoms with Crippen molar-refractivity contribution in [2.75, 3.05) is 0 Å². The molecule has 0 spiro atoms. The maximum Gasteiger partial charge on any atom is 0.338 e. The number of aliphatic hydroxyl groups is 2. The van der Waals surface area contributed by atoms with Crippen LogP contribution in [0.25, 0.3) is 0 Å². The van der Waals surface area contributed by atoms with Gasteiger partial charge < -0.3 is 44.8 Å². The summed E-state index contributed by atoms with van der Waals surface area (Å²) < 4.78 is 20.9. The van der Waals surface area contributed by atoms with Gasteiger partial charge in [-0.1, -0.05) is 0 Å². The second-order valence-electron chi connectivity index (χ2n) is 14.5. The molecular formula is C37H32I4N4O14. The van der Waals surface area contributed by atoms with E-state index >= 15 is 0 Å². The molecule has 4 aliphatic carbocycles. The average molecular weight is 1260 g/mol. The molecule has 10 rings (SSSR count). The first kappa shape index (κ1) is 43.7. The zero-order valence-electron chi connectivity index (χ0n) is 29.9. The highest BCUT2D eigenvalue weighted by Gasteiger charge is 2.69. The van der Waals surface area contributed by atoms with Crippen molar-refractivity contribution < 1.29 is 68.8 Å². The molecule has 22 heteroatoms. The van der Waals surface area contributed by atoms with Gasteiger partial charge in [0.1, 0.15) is 47.9 Å². The highest BCUT2D eigenvalue weighted by Crippen LogP contribution is 2.59. The fourth-order valence-corrected chi connectivity index (χ4v) is 12.4. The van der Waals surface area contributed by atoms with Crippen LogP contribution in [-0.2, 0) is 28.7 Å². The second kappa shape index (κ2) is 17.6. The van der Waals surface area contributed by atoms with Crippen LogP contribution in [0.5, 0.6) is 23.0 Å². The van der Waals surface area contributed by atoms with Crippen molar-refractivity contribution in [1.29, 1.82) is 0 Å². The largest absolute Gasteiger partial charge is 0.508 e. The van der Waals surface area contributed by atoms with Crippen LogP contribution in [0.3, 0.4) is 0 Å². The van der Waals surface area contributed by atoms with Crippen molar-refractivity contribution in [3.05, 3.63) is 76.0 Å². The maximum atomic E-state index is 12.6. The van der Waals surface area contributed by atoms with E-state index in [1.165, 1.54) is 33.9 Å². The van der Waals surface area contributed by atoms with Crippen molar-refractivity contribution >= 4 is 120 Å². The summed E-state index contributed by atoms with van der Waals surface area (Å²) in [5, 5.41) is 56.9. The van der Waals surface area contributed by atoms with Crippen LogP contribution < -0.4 is 4.74 Å². The number of aromatic nitrogens is 4. The molecule has 2 aromatic carbocycles. The summed E-state index contributed by atoms with van der Waals surface area (Å²) in [5.41, 5.74) is 0. The zero-order chi connectivity index (χ0) is 42.6. The second-order valence-corrected chi connectivity index (χ2v) is 19.1. The van der Waals surface area contributed by atoms with Crippen LogP contribution in [-0.4, -0.2) is 104 Å². The molecule has 6 N–H and O–H groups in total. The van der Waals surface area contributed by atoms with E-state index in [0.29, 0.717) is 32.9 Å². The van der Waals surface area contributed by atoms with Gasteiger partial charge in [0.25, 0.3) is 0 Å². The lowest BCUT2D eigenvalue weighted by Gasteiger charge is -2.26. The molecule has 0 amide bonds. The number of esters is 3. The van der Waals surface area contributed by atoms with Gasteiger partial charge in [-0.15, -0.1) is 0 Å². The molecule has 59 heavy (non-hydrogen) atoms. The number of carboxylic acid groups (broad SMARTS) is 1. The molecule has 6 aliphatic rings. The van der Waals surface area contributed by atoms with Crippen molar-refractivity contribution in [1.82, 2.24) is 19.1 Å². The third-order valence-electron chi connectivity index (χ3n) is 11.4. The molecule has 312 valence electrons. The number of rotatable bonds is 3. The number of imidazole rings is 2. The number of ether oxygens (including phenoxy) is 3. The smallest absolute Gasteiger partial charge is 0.338 e. The molecule has 4 heterocycles. The Labute approximate surface area is 388 Å². The van der Waals surface area contributed by atoms with E-state index in [-0.39, 0.29) is 47.0 Å². The number of hydrogen-bond donors (Lipinski definition) is 6. The Morgan fingerprint density at radius 3 is 1.53 bits per heavy atom. The first-order chi connectivity index (χ1) is 28.0. The van der Waals surface area contributed by atoms with Crippen molar-refractivity contribution in [2.45, 2.75) is 37.3 Å². The SMILES string of the molecule is O=C(O)C1C2CC3C(OC(=O)C31)C2O.O=C(Oc1cc(I)c(O)c(I)c1)C1C2CC3C(OC(=O)C31)C2O.O=C(n1ccnc1)n1ccnc1.Oc1cc(I)c(O)c(I)c1. The van der Waals surface area contributed by atoms with Crippen LogP contribution in [0.4, 0.5) is 4.79 Å². The van der Waals surface area contributed by atoms with Crippen LogP contribution in [0.2, 0.25) is 0 Å². The van der Waals surface area contributed by atoms with E-state index in [1.807, 2.05) is 90.4 Å². The average Bonchev–Trinajstić information content (AvgIpc) is 4.04. The maximum absolute atomic E-state index is 12.6. The number of fused-ring (bicyclic) bond motifs is 2. The number of hydrogen-bond acceptors (Lipinski definition) is 15. The molecule has 6 fully saturated rings. The number of carboxylic acids is 1. The predicted molar refractivity (Wildman–Crippen MR) is 232 cm³/mol. The summed E-state index contributed by atoms with van der Waals surface area (Å²) in [6, 6.07) is 5.96. The molecule has 4 saturated carbocycles. The van der Waals surface area contributed by atoms with Gasteiger partial charge in [0.05, 0.1) is 50.2 Å². The van der Waals surface area contributed by atoms with Gasteiger partial charge in [-0.2, -0.15) is 0 Å². The predicted octanol–water partition coefficient (Wildman–Crippen LogP) is 3.82. The van der Waals surface area contributed by atoms with E-state index in [2.05, 4.69) is 9.97 Å². The molecule has 12 atom stereocenters. The summed E-state index contributed by atoms with van der Waals surface area (Å²) in [4.78, 5) is 65.8. The lowest BCUT2D eigenvalue weighted by molar-refractivity contribution is -0.151. The number of nitrogens with zero attached hydrogens (tertiary/aromatic N) is 4. The summed E-state index contributed by atoms with van der Waals surface area (Å²) in [5.74, 6) is -4.60. The molecule has 4 bridgehead atoms. The fourth-order valence-electron chi connectivity index (χ4n) is 8.91. The Kier molecular flexibility index (Phi) is 13.0. The van der Waals surface area contributed by atoms with Gasteiger partial charge in [-0.25, -0.2) is 14.8 Å². The van der Waals surface area contributed by atoms with Gasteiger partial charge in [0.2, 0.25) is 0 Å². The molecule has 12 unspecified atom stereocenters. The number of aliphatic carboxylic acids is 1. The lowest BCUT2D eigenvalue weighted by Crippen LogP contribution is -2.42. The van der Waals surface area contributed by atoms with E-state index < -0.39 is 72.0 Å². The quantitative estimate of drug-likeness (QED) is 0.0737. The Morgan fingerprint density at radius 1 is 0.678 bits per heavy atom. The van der Waals surface area contributed by atoms with Crippen LogP contribution in [0, 0.1) is 61.6 Å². The van der Waals surface area contributed by atoms with Gasteiger partial charge in [0.15, 0.2) is 0 Å². The standard InChI is InChI=1S/C15H12I2O6.C9H10O5.C7H6N4O.C6H4I2O2/c16-7-1-4(2-8(17)12(7)19)22-14(20)9-5-3-6-10(9)15(21)23-13(6)11(5)18;10-6-2-1-3-5(4(2)8(11)12)9(13)14-7(3)6;12-7(10-3-1-8-5-10)11-4-2-9-6-11;7-4-1-3(9)2-5(8)6(4)10/h1-2,5-6,9-11,13,18-19H,3H2;2-7,10H,1H2,(H,11,12);1-6H;1-2,9-10H. The molecule has 0 radical (unpaired) electrons. The van der Waals surface area contributed by atoms with E-state index in [4.69, 9.17) is 24.4 Å². The van der Waals surface area contributed by atoms with Crippen molar-refractivity contribution in [2.24, 2.45) is 47.3 Å². The topological polar surface area (TPSA) is 270 Å². The van der Waals surface area contributed by atoms with Gasteiger partial charge in [0, 0.05) is 48.5 Å². The zero-order valence-corrected chi connectivity index (χ0v) is 38.5. The number of carbonyl (C=O) groups is 5. The number of aliphatic hydroxyl groups excluding tert-OH is 2. The Bertz CT molecular complexity index is 2210. The molecule has 2 aliphatic heterocycles. The highest BCUT2D eigenvalue weighted by atomic mass is 127.